The van der Waals surface area contributed by atoms with E-state index in [2.05, 4.69) is 70.5 Å². The van der Waals surface area contributed by atoms with Crippen molar-refractivity contribution >= 4 is 44.7 Å². The lowest BCUT2D eigenvalue weighted by Gasteiger charge is -2.38. The van der Waals surface area contributed by atoms with Gasteiger partial charge in [-0.1, -0.05) is 24.3 Å². The van der Waals surface area contributed by atoms with Crippen LogP contribution in [0.3, 0.4) is 0 Å². The Morgan fingerprint density at radius 1 is 0.531 bits per heavy atom. The summed E-state index contributed by atoms with van der Waals surface area (Å²) in [6.07, 6.45) is 0. The van der Waals surface area contributed by atoms with Gasteiger partial charge in [0.1, 0.15) is 22.7 Å². The number of hydrogen-bond donors (Lipinski definition) is 0. The van der Waals surface area contributed by atoms with Crippen LogP contribution in [-0.2, 0) is 16.9 Å². The molecule has 1 spiro atoms. The molecule has 49 heavy (non-hydrogen) atoms. The monoisotopic (exact) mass is 654 g/mol. The lowest BCUT2D eigenvalue weighted by atomic mass is 9.77. The van der Waals surface area contributed by atoms with Gasteiger partial charge in [0.25, 0.3) is 0 Å². The van der Waals surface area contributed by atoms with Crippen LogP contribution in [0.15, 0.2) is 106 Å². The van der Waals surface area contributed by atoms with E-state index in [0.29, 0.717) is 28.5 Å². The van der Waals surface area contributed by atoms with Crippen molar-refractivity contribution < 1.29 is 13.9 Å². The minimum atomic E-state index is -0.630. The van der Waals surface area contributed by atoms with Gasteiger partial charge in [-0.3, -0.25) is 4.79 Å². The smallest absolute Gasteiger partial charge is 0.200 e. The number of anilines is 4. The maximum absolute atomic E-state index is 12.6. The summed E-state index contributed by atoms with van der Waals surface area (Å²) in [5, 5.41) is 1.23. The molecule has 0 aliphatic carbocycles. The maximum Gasteiger partial charge on any atom is 0.200 e. The zero-order valence-electron chi connectivity index (χ0n) is 29.4. The summed E-state index contributed by atoms with van der Waals surface area (Å²) in [5.74, 6) is 1.71. The van der Waals surface area contributed by atoms with Crippen LogP contribution in [0, 0.1) is 0 Å². The molecule has 5 aromatic carbocycles. The number of rotatable bonds is 4. The molecule has 2 aliphatic heterocycles. The Hall–Kier alpha value is -5.47. The Labute approximate surface area is 287 Å². The predicted octanol–water partition coefficient (Wildman–Crippen LogP) is 7.82. The van der Waals surface area contributed by atoms with E-state index >= 15 is 0 Å². The van der Waals surface area contributed by atoms with Crippen molar-refractivity contribution in [3.8, 4) is 11.5 Å². The SMILES string of the molecule is CN(C)c1ccc2c(=O)c3ccc(N(C)C)cc3oc2c1.CN(C)c1ccc2c(c1)Oc1cc(N(C)C)ccc1C21OCc2ccccc21. The Morgan fingerprint density at radius 3 is 1.47 bits per heavy atom. The van der Waals surface area contributed by atoms with E-state index in [0.717, 1.165) is 45.4 Å². The second-order valence-electron chi connectivity index (χ2n) is 13.5. The summed E-state index contributed by atoms with van der Waals surface area (Å²) in [6, 6.07) is 32.6. The van der Waals surface area contributed by atoms with E-state index < -0.39 is 5.60 Å². The van der Waals surface area contributed by atoms with Crippen molar-refractivity contribution in [2.24, 2.45) is 0 Å². The molecular weight excluding hydrogens is 612 g/mol. The van der Waals surface area contributed by atoms with Gasteiger partial charge < -0.3 is 33.5 Å². The number of fused-ring (bicyclic) bond motifs is 8. The fraction of sp³-hybridized carbons (Fsp3) is 0.244. The highest BCUT2D eigenvalue weighted by Gasteiger charge is 2.49. The van der Waals surface area contributed by atoms with Gasteiger partial charge >= 0.3 is 0 Å². The Kier molecular flexibility index (Phi) is 7.99. The molecule has 250 valence electrons. The quantitative estimate of drug-likeness (QED) is 0.178. The van der Waals surface area contributed by atoms with Crippen molar-refractivity contribution in [2.45, 2.75) is 12.2 Å². The molecule has 8 heteroatoms. The second kappa shape index (κ2) is 12.2. The van der Waals surface area contributed by atoms with Crippen LogP contribution in [0.4, 0.5) is 22.7 Å². The van der Waals surface area contributed by atoms with Gasteiger partial charge in [0.05, 0.1) is 17.4 Å². The first-order valence-electron chi connectivity index (χ1n) is 16.4. The number of benzene rings is 5. The van der Waals surface area contributed by atoms with Crippen molar-refractivity contribution in [1.29, 1.82) is 0 Å². The van der Waals surface area contributed by atoms with Gasteiger partial charge in [-0.25, -0.2) is 0 Å². The van der Waals surface area contributed by atoms with Crippen LogP contribution in [0.5, 0.6) is 11.5 Å². The molecule has 0 N–H and O–H groups in total. The van der Waals surface area contributed by atoms with E-state index in [1.165, 1.54) is 11.1 Å². The summed E-state index contributed by atoms with van der Waals surface area (Å²) < 4.78 is 19.0. The largest absolute Gasteiger partial charge is 0.456 e. The molecule has 6 aromatic rings. The molecule has 8 nitrogen and oxygen atoms in total. The molecule has 0 bridgehead atoms. The van der Waals surface area contributed by atoms with Crippen molar-refractivity contribution in [1.82, 2.24) is 0 Å². The minimum absolute atomic E-state index is 0.0156. The van der Waals surface area contributed by atoms with Gasteiger partial charge in [0, 0.05) is 115 Å². The van der Waals surface area contributed by atoms with Gasteiger partial charge in [-0.05, 0) is 59.7 Å². The highest BCUT2D eigenvalue weighted by molar-refractivity contribution is 5.92. The Balaban J connectivity index is 0.000000161. The minimum Gasteiger partial charge on any atom is -0.456 e. The van der Waals surface area contributed by atoms with Gasteiger partial charge in [-0.2, -0.15) is 0 Å². The zero-order chi connectivity index (χ0) is 34.6. The molecule has 1 aromatic heterocycles. The third-order valence-electron chi connectivity index (χ3n) is 9.45. The summed E-state index contributed by atoms with van der Waals surface area (Å²) in [6.45, 7) is 0.597. The molecule has 0 unspecified atom stereocenters. The van der Waals surface area contributed by atoms with E-state index in [-0.39, 0.29) is 5.43 Å². The number of ether oxygens (including phenoxy) is 2. The Bertz CT molecular complexity index is 2140. The molecule has 0 radical (unpaired) electrons. The van der Waals surface area contributed by atoms with E-state index in [4.69, 9.17) is 13.9 Å². The number of hydrogen-bond acceptors (Lipinski definition) is 8. The van der Waals surface area contributed by atoms with Crippen molar-refractivity contribution in [3.05, 3.63) is 130 Å². The molecule has 0 atom stereocenters. The fourth-order valence-electron chi connectivity index (χ4n) is 6.68. The van der Waals surface area contributed by atoms with Crippen LogP contribution in [0.2, 0.25) is 0 Å². The van der Waals surface area contributed by atoms with Gasteiger partial charge in [0.2, 0.25) is 5.43 Å². The molecule has 0 amide bonds. The molecule has 0 saturated heterocycles. The summed E-state index contributed by atoms with van der Waals surface area (Å²) >= 11 is 0. The maximum atomic E-state index is 12.6. The normalized spacial score (nSPS) is 13.6. The molecular formula is C41H42N4O4. The highest BCUT2D eigenvalue weighted by Crippen LogP contribution is 2.57. The first-order valence-corrected chi connectivity index (χ1v) is 16.4. The first-order chi connectivity index (χ1) is 23.5. The number of nitrogens with zero attached hydrogens (tertiary/aromatic N) is 4. The lowest BCUT2D eigenvalue weighted by Crippen LogP contribution is -2.32. The molecule has 2 aliphatic rings. The highest BCUT2D eigenvalue weighted by atomic mass is 16.5. The van der Waals surface area contributed by atoms with E-state index in [1.54, 1.807) is 0 Å². The van der Waals surface area contributed by atoms with Gasteiger partial charge in [0.15, 0.2) is 5.60 Å². The predicted molar refractivity (Wildman–Crippen MR) is 201 cm³/mol. The fourth-order valence-corrected chi connectivity index (χ4v) is 6.68. The first kappa shape index (κ1) is 32.1. The lowest BCUT2D eigenvalue weighted by molar-refractivity contribution is 0.0200. The summed E-state index contributed by atoms with van der Waals surface area (Å²) in [4.78, 5) is 20.7. The van der Waals surface area contributed by atoms with Crippen LogP contribution in [0.25, 0.3) is 21.9 Å². The van der Waals surface area contributed by atoms with Crippen molar-refractivity contribution in [3.63, 3.8) is 0 Å². The average molecular weight is 655 g/mol. The summed E-state index contributed by atoms with van der Waals surface area (Å²) in [7, 11) is 16.0. The van der Waals surface area contributed by atoms with E-state index in [1.807, 2.05) is 103 Å². The standard InChI is InChI=1S/C24H24N2O2.C17H18N2O2/c1-25(2)17-9-11-20-22(13-17)28-23-14-18(26(3)4)10-12-21(23)24(20)19-8-6-5-7-16(19)15-27-24;1-18(2)11-5-7-13-15(9-11)21-16-10-12(19(3)4)6-8-14(16)17(13)20/h5-14H,15H2,1-4H3;5-10H,1-4H3. The third-order valence-corrected chi connectivity index (χ3v) is 9.45. The Morgan fingerprint density at radius 2 is 0.980 bits per heavy atom. The van der Waals surface area contributed by atoms with Crippen molar-refractivity contribution in [2.75, 3.05) is 76.0 Å². The van der Waals surface area contributed by atoms with Crippen LogP contribution in [-0.4, -0.2) is 56.4 Å². The van der Waals surface area contributed by atoms with Crippen LogP contribution in [0.1, 0.15) is 22.3 Å². The topological polar surface area (TPSA) is 61.6 Å². The van der Waals surface area contributed by atoms with Gasteiger partial charge in [-0.15, -0.1) is 0 Å². The van der Waals surface area contributed by atoms with Crippen LogP contribution < -0.4 is 29.8 Å². The second-order valence-corrected chi connectivity index (χ2v) is 13.5. The van der Waals surface area contributed by atoms with Crippen LogP contribution >= 0.6 is 0 Å². The molecule has 0 fully saturated rings. The molecule has 3 heterocycles. The molecule has 0 saturated carbocycles. The molecule has 8 rings (SSSR count). The summed E-state index contributed by atoms with van der Waals surface area (Å²) in [5.41, 5.74) is 9.41. The van der Waals surface area contributed by atoms with E-state index in [9.17, 15) is 4.79 Å². The zero-order valence-corrected chi connectivity index (χ0v) is 29.4. The third kappa shape index (κ3) is 5.42. The average Bonchev–Trinajstić information content (AvgIpc) is 3.47.